The minimum Gasteiger partial charge on any atom is -0.351 e. The second-order valence-electron chi connectivity index (χ2n) is 5.90. The van der Waals surface area contributed by atoms with Crippen molar-refractivity contribution in [1.82, 2.24) is 15.0 Å². The summed E-state index contributed by atoms with van der Waals surface area (Å²) >= 11 is 1.58. The Hall–Kier alpha value is -1.49. The van der Waals surface area contributed by atoms with Crippen molar-refractivity contribution < 1.29 is 0 Å². The van der Waals surface area contributed by atoms with Gasteiger partial charge in [-0.2, -0.15) is 0 Å². The van der Waals surface area contributed by atoms with Gasteiger partial charge in [0.1, 0.15) is 0 Å². The molecule has 20 heavy (non-hydrogen) atoms. The SMILES string of the molecule is CC1CC(C)CC(Nc2nccc(-c3cscn3)n2)C1. The average molecular weight is 288 g/mol. The second kappa shape index (κ2) is 5.87. The summed E-state index contributed by atoms with van der Waals surface area (Å²) in [5, 5.41) is 5.51. The Labute approximate surface area is 123 Å². The van der Waals surface area contributed by atoms with Gasteiger partial charge in [-0.15, -0.1) is 11.3 Å². The zero-order valence-corrected chi connectivity index (χ0v) is 12.7. The molecule has 1 fully saturated rings. The maximum Gasteiger partial charge on any atom is 0.223 e. The van der Waals surface area contributed by atoms with E-state index in [9.17, 15) is 0 Å². The lowest BCUT2D eigenvalue weighted by Gasteiger charge is -2.31. The van der Waals surface area contributed by atoms with Crippen molar-refractivity contribution in [2.24, 2.45) is 11.8 Å². The highest BCUT2D eigenvalue weighted by atomic mass is 32.1. The van der Waals surface area contributed by atoms with Crippen LogP contribution in [0, 0.1) is 11.8 Å². The minimum atomic E-state index is 0.486. The molecular formula is C15H20N4S. The molecule has 0 aliphatic heterocycles. The molecule has 0 saturated heterocycles. The number of anilines is 1. The van der Waals surface area contributed by atoms with Gasteiger partial charge in [0.2, 0.25) is 5.95 Å². The summed E-state index contributed by atoms with van der Waals surface area (Å²) in [5.74, 6) is 2.28. The summed E-state index contributed by atoms with van der Waals surface area (Å²) in [4.78, 5) is 13.2. The van der Waals surface area contributed by atoms with E-state index < -0.39 is 0 Å². The first-order valence-electron chi connectivity index (χ1n) is 7.19. The molecule has 2 aromatic heterocycles. The van der Waals surface area contributed by atoms with Gasteiger partial charge in [0.15, 0.2) is 0 Å². The topological polar surface area (TPSA) is 50.7 Å². The van der Waals surface area contributed by atoms with Crippen molar-refractivity contribution in [3.63, 3.8) is 0 Å². The van der Waals surface area contributed by atoms with E-state index in [4.69, 9.17) is 0 Å². The summed E-state index contributed by atoms with van der Waals surface area (Å²) < 4.78 is 0. The average Bonchev–Trinajstić information content (AvgIpc) is 2.91. The molecule has 2 unspecified atom stereocenters. The molecule has 106 valence electrons. The minimum absolute atomic E-state index is 0.486. The number of hydrogen-bond donors (Lipinski definition) is 1. The zero-order valence-electron chi connectivity index (χ0n) is 11.9. The van der Waals surface area contributed by atoms with Gasteiger partial charge in [-0.05, 0) is 37.2 Å². The fourth-order valence-electron chi connectivity index (χ4n) is 3.16. The van der Waals surface area contributed by atoms with Crippen molar-refractivity contribution >= 4 is 17.3 Å². The number of nitrogens with zero attached hydrogens (tertiary/aromatic N) is 3. The molecule has 2 heterocycles. The highest BCUT2D eigenvalue weighted by Crippen LogP contribution is 2.30. The van der Waals surface area contributed by atoms with Crippen LogP contribution in [0.25, 0.3) is 11.4 Å². The third kappa shape index (κ3) is 3.15. The van der Waals surface area contributed by atoms with Crippen molar-refractivity contribution in [2.45, 2.75) is 39.2 Å². The maximum absolute atomic E-state index is 4.58. The number of rotatable bonds is 3. The van der Waals surface area contributed by atoms with Crippen LogP contribution in [0.4, 0.5) is 5.95 Å². The summed E-state index contributed by atoms with van der Waals surface area (Å²) in [7, 11) is 0. The molecule has 2 aromatic rings. The first kappa shape index (κ1) is 13.5. The number of aromatic nitrogens is 3. The quantitative estimate of drug-likeness (QED) is 0.932. The summed E-state index contributed by atoms with van der Waals surface area (Å²) in [6.07, 6.45) is 5.54. The summed E-state index contributed by atoms with van der Waals surface area (Å²) in [6, 6.07) is 2.39. The Morgan fingerprint density at radius 1 is 1.10 bits per heavy atom. The Morgan fingerprint density at radius 3 is 2.60 bits per heavy atom. The largest absolute Gasteiger partial charge is 0.351 e. The van der Waals surface area contributed by atoms with E-state index in [1.54, 1.807) is 17.5 Å². The van der Waals surface area contributed by atoms with Gasteiger partial charge >= 0.3 is 0 Å². The molecule has 5 heteroatoms. The fourth-order valence-corrected chi connectivity index (χ4v) is 3.70. The molecule has 4 nitrogen and oxygen atoms in total. The van der Waals surface area contributed by atoms with Crippen molar-refractivity contribution in [1.29, 1.82) is 0 Å². The number of hydrogen-bond acceptors (Lipinski definition) is 5. The Morgan fingerprint density at radius 2 is 1.90 bits per heavy atom. The number of nitrogens with one attached hydrogen (secondary N) is 1. The van der Waals surface area contributed by atoms with E-state index in [2.05, 4.69) is 34.1 Å². The van der Waals surface area contributed by atoms with Crippen LogP contribution in [0.1, 0.15) is 33.1 Å². The zero-order chi connectivity index (χ0) is 13.9. The fraction of sp³-hybridized carbons (Fsp3) is 0.533. The lowest BCUT2D eigenvalue weighted by atomic mass is 9.80. The van der Waals surface area contributed by atoms with E-state index in [1.807, 2.05) is 17.0 Å². The van der Waals surface area contributed by atoms with Gasteiger partial charge in [0.05, 0.1) is 16.9 Å². The molecule has 1 aliphatic rings. The first-order valence-corrected chi connectivity index (χ1v) is 8.13. The lowest BCUT2D eigenvalue weighted by molar-refractivity contribution is 0.280. The summed E-state index contributed by atoms with van der Waals surface area (Å²) in [6.45, 7) is 4.66. The highest BCUT2D eigenvalue weighted by Gasteiger charge is 2.24. The van der Waals surface area contributed by atoms with Gasteiger partial charge in [-0.1, -0.05) is 13.8 Å². The smallest absolute Gasteiger partial charge is 0.223 e. The van der Waals surface area contributed by atoms with Crippen LogP contribution in [-0.4, -0.2) is 21.0 Å². The standard InChI is InChI=1S/C15H20N4S/c1-10-5-11(2)7-12(6-10)18-15-16-4-3-13(19-15)14-8-20-9-17-14/h3-4,8-12H,5-7H2,1-2H3,(H,16,18,19). The van der Waals surface area contributed by atoms with Gasteiger partial charge in [0.25, 0.3) is 0 Å². The van der Waals surface area contributed by atoms with Crippen LogP contribution in [0.5, 0.6) is 0 Å². The van der Waals surface area contributed by atoms with Gasteiger partial charge in [0, 0.05) is 17.6 Å². The molecule has 0 spiro atoms. The van der Waals surface area contributed by atoms with Crippen molar-refractivity contribution in [3.05, 3.63) is 23.2 Å². The molecule has 0 radical (unpaired) electrons. The lowest BCUT2D eigenvalue weighted by Crippen LogP contribution is -2.30. The van der Waals surface area contributed by atoms with Crippen molar-refractivity contribution in [3.8, 4) is 11.4 Å². The third-order valence-electron chi connectivity index (χ3n) is 3.86. The third-order valence-corrected chi connectivity index (χ3v) is 4.45. The molecule has 1 aliphatic carbocycles. The highest BCUT2D eigenvalue weighted by molar-refractivity contribution is 7.07. The molecule has 2 atom stereocenters. The van der Waals surface area contributed by atoms with Gasteiger partial charge in [-0.25, -0.2) is 15.0 Å². The van der Waals surface area contributed by atoms with E-state index in [0.29, 0.717) is 6.04 Å². The molecule has 0 bridgehead atoms. The molecular weight excluding hydrogens is 268 g/mol. The van der Waals surface area contributed by atoms with E-state index in [1.165, 1.54) is 19.3 Å². The Kier molecular flexibility index (Phi) is 3.96. The van der Waals surface area contributed by atoms with Gasteiger partial charge in [-0.3, -0.25) is 0 Å². The van der Waals surface area contributed by atoms with Crippen LogP contribution in [0.3, 0.4) is 0 Å². The molecule has 1 saturated carbocycles. The second-order valence-corrected chi connectivity index (χ2v) is 6.62. The van der Waals surface area contributed by atoms with E-state index in [-0.39, 0.29) is 0 Å². The van der Waals surface area contributed by atoms with Crippen molar-refractivity contribution in [2.75, 3.05) is 5.32 Å². The predicted molar refractivity (Wildman–Crippen MR) is 82.7 cm³/mol. The van der Waals surface area contributed by atoms with Crippen LogP contribution in [0.2, 0.25) is 0 Å². The Bertz CT molecular complexity index is 545. The van der Waals surface area contributed by atoms with Gasteiger partial charge < -0.3 is 5.32 Å². The molecule has 3 rings (SSSR count). The van der Waals surface area contributed by atoms with E-state index >= 15 is 0 Å². The summed E-state index contributed by atoms with van der Waals surface area (Å²) in [5.41, 5.74) is 3.64. The Balaban J connectivity index is 1.73. The monoisotopic (exact) mass is 288 g/mol. The predicted octanol–water partition coefficient (Wildman–Crippen LogP) is 3.84. The maximum atomic E-state index is 4.58. The number of thiazole rings is 1. The van der Waals surface area contributed by atoms with Crippen LogP contribution < -0.4 is 5.32 Å². The normalized spacial score (nSPS) is 26.4. The van der Waals surface area contributed by atoms with Crippen LogP contribution >= 0.6 is 11.3 Å². The van der Waals surface area contributed by atoms with Crippen LogP contribution in [0.15, 0.2) is 23.2 Å². The molecule has 0 amide bonds. The molecule has 1 N–H and O–H groups in total. The first-order chi connectivity index (χ1) is 9.70. The van der Waals surface area contributed by atoms with E-state index in [0.717, 1.165) is 29.2 Å². The molecule has 0 aromatic carbocycles. The van der Waals surface area contributed by atoms with Crippen LogP contribution in [-0.2, 0) is 0 Å².